The third-order valence-electron chi connectivity index (χ3n) is 4.47. The molecule has 8 heteroatoms. The number of amides is 2. The van der Waals surface area contributed by atoms with E-state index in [9.17, 15) is 14.9 Å². The molecule has 0 radical (unpaired) electrons. The lowest BCUT2D eigenvalue weighted by Crippen LogP contribution is -2.43. The zero-order chi connectivity index (χ0) is 21.1. The quantitative estimate of drug-likeness (QED) is 0.565. The number of imide groups is 1. The van der Waals surface area contributed by atoms with Gasteiger partial charge in [-0.05, 0) is 55.3 Å². The van der Waals surface area contributed by atoms with E-state index in [1.54, 1.807) is 37.3 Å². The van der Waals surface area contributed by atoms with Gasteiger partial charge in [0.15, 0.2) is 0 Å². The first-order valence-corrected chi connectivity index (χ1v) is 9.48. The average molecular weight is 431 g/mol. The van der Waals surface area contributed by atoms with Crippen LogP contribution < -0.4 is 0 Å². The molecule has 0 spiro atoms. The number of rotatable bonds is 5. The number of hydrogen-bond acceptors (Lipinski definition) is 5. The smallest absolute Gasteiger partial charge is 0.271 e. The van der Waals surface area contributed by atoms with Crippen LogP contribution in [0.25, 0.3) is 17.4 Å². The van der Waals surface area contributed by atoms with Crippen LogP contribution >= 0.6 is 23.2 Å². The van der Waals surface area contributed by atoms with Gasteiger partial charge in [-0.1, -0.05) is 23.2 Å². The van der Waals surface area contributed by atoms with Crippen molar-refractivity contribution in [1.82, 2.24) is 4.90 Å². The summed E-state index contributed by atoms with van der Waals surface area (Å²) in [5.41, 5.74) is 0.945. The standard InChI is InChI=1S/C21H16Cl2N2O4/c1-12-15(20(27)25(7-2-8-26)21(28)17(12)11-24)10-14-4-6-19(29-14)16-9-13(22)3-5-18(16)23/h3-6,9-10,26H,2,7-8H2,1H3/b15-10+. The predicted molar refractivity (Wildman–Crippen MR) is 109 cm³/mol. The van der Waals surface area contributed by atoms with Crippen LogP contribution in [0.4, 0.5) is 0 Å². The molecular formula is C21H16Cl2N2O4. The summed E-state index contributed by atoms with van der Waals surface area (Å²) >= 11 is 12.2. The Bertz CT molecular complexity index is 1090. The van der Waals surface area contributed by atoms with E-state index >= 15 is 0 Å². The van der Waals surface area contributed by atoms with Crippen LogP contribution in [0.3, 0.4) is 0 Å². The van der Waals surface area contributed by atoms with Gasteiger partial charge in [0.2, 0.25) is 0 Å². The molecule has 2 aromatic rings. The van der Waals surface area contributed by atoms with Gasteiger partial charge in [-0.3, -0.25) is 14.5 Å². The summed E-state index contributed by atoms with van der Waals surface area (Å²) in [7, 11) is 0. The fourth-order valence-electron chi connectivity index (χ4n) is 2.97. The molecule has 148 valence electrons. The number of aliphatic hydroxyl groups excluding tert-OH is 1. The van der Waals surface area contributed by atoms with Gasteiger partial charge in [0, 0.05) is 29.3 Å². The van der Waals surface area contributed by atoms with Gasteiger partial charge in [-0.25, -0.2) is 0 Å². The van der Waals surface area contributed by atoms with Crippen molar-refractivity contribution in [3.8, 4) is 17.4 Å². The maximum atomic E-state index is 12.8. The Kier molecular flexibility index (Phi) is 6.23. The lowest BCUT2D eigenvalue weighted by molar-refractivity contribution is -0.140. The van der Waals surface area contributed by atoms with Crippen LogP contribution in [0.2, 0.25) is 10.0 Å². The molecule has 0 atom stereocenters. The Morgan fingerprint density at radius 3 is 2.66 bits per heavy atom. The van der Waals surface area contributed by atoms with Crippen molar-refractivity contribution in [2.24, 2.45) is 0 Å². The topological polar surface area (TPSA) is 94.5 Å². The molecule has 1 aliphatic heterocycles. The second-order valence-corrected chi connectivity index (χ2v) is 7.18. The first-order chi connectivity index (χ1) is 13.9. The van der Waals surface area contributed by atoms with Crippen LogP contribution in [0.1, 0.15) is 19.1 Å². The normalized spacial score (nSPS) is 16.0. The van der Waals surface area contributed by atoms with Crippen molar-refractivity contribution in [2.45, 2.75) is 13.3 Å². The number of furan rings is 1. The van der Waals surface area contributed by atoms with Crippen LogP contribution in [0, 0.1) is 11.3 Å². The lowest BCUT2D eigenvalue weighted by Gasteiger charge is -2.27. The number of nitrogens with zero attached hydrogens (tertiary/aromatic N) is 2. The Balaban J connectivity index is 2.02. The van der Waals surface area contributed by atoms with Crippen molar-refractivity contribution >= 4 is 41.1 Å². The van der Waals surface area contributed by atoms with Crippen LogP contribution in [0.5, 0.6) is 0 Å². The number of carbonyl (C=O) groups excluding carboxylic acids is 2. The highest BCUT2D eigenvalue weighted by atomic mass is 35.5. The number of hydrogen-bond donors (Lipinski definition) is 1. The van der Waals surface area contributed by atoms with E-state index in [2.05, 4.69) is 0 Å². The Labute approximate surface area is 177 Å². The molecule has 0 saturated heterocycles. The Hall–Kier alpha value is -2.85. The maximum absolute atomic E-state index is 12.8. The minimum absolute atomic E-state index is 0.0193. The molecule has 1 aromatic heterocycles. The summed E-state index contributed by atoms with van der Waals surface area (Å²) in [4.78, 5) is 26.2. The van der Waals surface area contributed by atoms with Crippen LogP contribution in [0.15, 0.2) is 51.5 Å². The summed E-state index contributed by atoms with van der Waals surface area (Å²) in [6.45, 7) is 1.38. The minimum Gasteiger partial charge on any atom is -0.457 e. The van der Waals surface area contributed by atoms with E-state index in [0.717, 1.165) is 4.90 Å². The second-order valence-electron chi connectivity index (χ2n) is 6.34. The van der Waals surface area contributed by atoms with Gasteiger partial charge in [0.1, 0.15) is 23.2 Å². The number of aliphatic hydroxyl groups is 1. The molecule has 0 saturated carbocycles. The molecule has 1 aromatic carbocycles. The minimum atomic E-state index is -0.661. The number of benzene rings is 1. The van der Waals surface area contributed by atoms with Crippen molar-refractivity contribution in [3.63, 3.8) is 0 Å². The highest BCUT2D eigenvalue weighted by molar-refractivity contribution is 6.35. The highest BCUT2D eigenvalue weighted by Gasteiger charge is 2.35. The van der Waals surface area contributed by atoms with Gasteiger partial charge in [0.25, 0.3) is 11.8 Å². The number of carbonyl (C=O) groups is 2. The fourth-order valence-corrected chi connectivity index (χ4v) is 3.35. The van der Waals surface area contributed by atoms with Crippen LogP contribution in [-0.4, -0.2) is 35.0 Å². The summed E-state index contributed by atoms with van der Waals surface area (Å²) in [6, 6.07) is 10.2. The largest absolute Gasteiger partial charge is 0.457 e. The predicted octanol–water partition coefficient (Wildman–Crippen LogP) is 4.23. The number of nitriles is 1. The first-order valence-electron chi connectivity index (χ1n) is 8.72. The zero-order valence-corrected chi connectivity index (χ0v) is 16.9. The van der Waals surface area contributed by atoms with Crippen molar-refractivity contribution in [1.29, 1.82) is 5.26 Å². The molecule has 0 bridgehead atoms. The molecule has 0 unspecified atom stereocenters. The van der Waals surface area contributed by atoms with Crippen LogP contribution in [-0.2, 0) is 9.59 Å². The van der Waals surface area contributed by atoms with Gasteiger partial charge < -0.3 is 9.52 Å². The molecule has 1 aliphatic rings. The SMILES string of the molecule is CC1=C(C#N)C(=O)N(CCCO)C(=O)/C1=C/c1ccc(-c2cc(Cl)ccc2Cl)o1. The summed E-state index contributed by atoms with van der Waals surface area (Å²) in [5.74, 6) is -0.388. The van der Waals surface area contributed by atoms with E-state index in [1.165, 1.54) is 6.08 Å². The summed E-state index contributed by atoms with van der Waals surface area (Å²) in [6.07, 6.45) is 1.70. The summed E-state index contributed by atoms with van der Waals surface area (Å²) in [5, 5.41) is 19.3. The van der Waals surface area contributed by atoms with Crippen molar-refractivity contribution in [3.05, 3.63) is 62.9 Å². The third-order valence-corrected chi connectivity index (χ3v) is 5.04. The first kappa shape index (κ1) is 20.9. The molecule has 1 N–H and O–H groups in total. The van der Waals surface area contributed by atoms with E-state index in [0.29, 0.717) is 27.1 Å². The van der Waals surface area contributed by atoms with Gasteiger partial charge >= 0.3 is 0 Å². The highest BCUT2D eigenvalue weighted by Crippen LogP contribution is 2.33. The molecule has 0 fully saturated rings. The Morgan fingerprint density at radius 1 is 1.21 bits per heavy atom. The van der Waals surface area contributed by atoms with Gasteiger partial charge in [-0.2, -0.15) is 5.26 Å². The Morgan fingerprint density at radius 2 is 1.97 bits per heavy atom. The van der Waals surface area contributed by atoms with Gasteiger partial charge in [0.05, 0.1) is 5.02 Å². The molecule has 3 rings (SSSR count). The maximum Gasteiger partial charge on any atom is 0.271 e. The average Bonchev–Trinajstić information content (AvgIpc) is 3.16. The molecular weight excluding hydrogens is 415 g/mol. The van der Waals surface area contributed by atoms with E-state index in [4.69, 9.17) is 32.7 Å². The molecule has 6 nitrogen and oxygen atoms in total. The van der Waals surface area contributed by atoms with Crippen molar-refractivity contribution < 1.29 is 19.1 Å². The molecule has 2 amide bonds. The molecule has 29 heavy (non-hydrogen) atoms. The second kappa shape index (κ2) is 8.66. The zero-order valence-electron chi connectivity index (χ0n) is 15.4. The lowest BCUT2D eigenvalue weighted by atomic mass is 9.94. The van der Waals surface area contributed by atoms with E-state index in [1.807, 2.05) is 6.07 Å². The van der Waals surface area contributed by atoms with Gasteiger partial charge in [-0.15, -0.1) is 0 Å². The van der Waals surface area contributed by atoms with E-state index in [-0.39, 0.29) is 36.3 Å². The molecule has 0 aliphatic carbocycles. The number of halogens is 2. The third kappa shape index (κ3) is 4.13. The fraction of sp³-hybridized carbons (Fsp3) is 0.190. The molecule has 2 heterocycles. The van der Waals surface area contributed by atoms with E-state index < -0.39 is 11.8 Å². The summed E-state index contributed by atoms with van der Waals surface area (Å²) < 4.78 is 5.80. The monoisotopic (exact) mass is 430 g/mol. The van der Waals surface area contributed by atoms with Crippen molar-refractivity contribution in [2.75, 3.05) is 13.2 Å².